The smallest absolute Gasteiger partial charge is 0.199 e. The summed E-state index contributed by atoms with van der Waals surface area (Å²) in [5.74, 6) is 0.126. The van der Waals surface area contributed by atoms with Crippen LogP contribution in [0.3, 0.4) is 0 Å². The fraction of sp³-hybridized carbons (Fsp3) is 0.192. The lowest BCUT2D eigenvalue weighted by Crippen LogP contribution is -2.18. The average molecular weight is 474 g/mol. The van der Waals surface area contributed by atoms with Crippen molar-refractivity contribution in [3.8, 4) is 5.88 Å². The van der Waals surface area contributed by atoms with Gasteiger partial charge in [-0.25, -0.2) is 4.99 Å². The molecule has 156 valence electrons. The quantitative estimate of drug-likeness (QED) is 0.329. The number of fused-ring (bicyclic) bond motifs is 1. The summed E-state index contributed by atoms with van der Waals surface area (Å²) in [6.07, 6.45) is 2.60. The van der Waals surface area contributed by atoms with E-state index in [1.165, 1.54) is 31.5 Å². The SMILES string of the molecule is Oc1[nH]c2cc(Br)ccc2c1C(=Nc1ccc(CN2CCCC2)cc1)c1ccccc1. The van der Waals surface area contributed by atoms with E-state index in [9.17, 15) is 5.11 Å². The summed E-state index contributed by atoms with van der Waals surface area (Å²) in [5, 5.41) is 11.7. The van der Waals surface area contributed by atoms with Crippen molar-refractivity contribution in [2.75, 3.05) is 13.1 Å². The molecule has 31 heavy (non-hydrogen) atoms. The van der Waals surface area contributed by atoms with Crippen molar-refractivity contribution >= 4 is 38.2 Å². The van der Waals surface area contributed by atoms with Crippen molar-refractivity contribution in [2.45, 2.75) is 19.4 Å². The number of aromatic hydroxyl groups is 1. The van der Waals surface area contributed by atoms with E-state index in [1.807, 2.05) is 48.5 Å². The van der Waals surface area contributed by atoms with Gasteiger partial charge >= 0.3 is 0 Å². The zero-order valence-corrected chi connectivity index (χ0v) is 18.8. The van der Waals surface area contributed by atoms with Gasteiger partial charge < -0.3 is 10.1 Å². The third-order valence-electron chi connectivity index (χ3n) is 5.81. The van der Waals surface area contributed by atoms with Crippen LogP contribution in [0.2, 0.25) is 0 Å². The summed E-state index contributed by atoms with van der Waals surface area (Å²) >= 11 is 3.50. The van der Waals surface area contributed by atoms with Crippen LogP contribution in [0.25, 0.3) is 10.9 Å². The van der Waals surface area contributed by atoms with E-state index in [-0.39, 0.29) is 5.88 Å². The fourth-order valence-corrected chi connectivity index (χ4v) is 4.62. The average Bonchev–Trinajstić information content (AvgIpc) is 3.40. The zero-order valence-electron chi connectivity index (χ0n) is 17.2. The number of rotatable bonds is 5. The Morgan fingerprint density at radius 2 is 1.71 bits per heavy atom. The first-order valence-corrected chi connectivity index (χ1v) is 11.4. The summed E-state index contributed by atoms with van der Waals surface area (Å²) in [6.45, 7) is 3.37. The first-order valence-electron chi connectivity index (χ1n) is 10.6. The summed E-state index contributed by atoms with van der Waals surface area (Å²) in [7, 11) is 0. The van der Waals surface area contributed by atoms with E-state index < -0.39 is 0 Å². The molecule has 1 aliphatic rings. The van der Waals surface area contributed by atoms with E-state index in [1.54, 1.807) is 0 Å². The second-order valence-electron chi connectivity index (χ2n) is 8.01. The molecule has 2 N–H and O–H groups in total. The Labute approximate surface area is 190 Å². The van der Waals surface area contributed by atoms with Crippen molar-refractivity contribution < 1.29 is 5.11 Å². The Bertz CT molecular complexity index is 1220. The number of benzene rings is 3. The molecular weight excluding hydrogens is 450 g/mol. The van der Waals surface area contributed by atoms with E-state index in [4.69, 9.17) is 4.99 Å². The standard InChI is InChI=1S/C26H24BrN3O/c27-20-10-13-22-23(16-20)29-26(31)24(22)25(19-6-2-1-3-7-19)28-21-11-8-18(9-12-21)17-30-14-4-5-15-30/h1-3,6-13,16,29,31H,4-5,14-15,17H2. The van der Waals surface area contributed by atoms with Crippen LogP contribution in [-0.4, -0.2) is 33.8 Å². The highest BCUT2D eigenvalue weighted by atomic mass is 79.9. The van der Waals surface area contributed by atoms with Crippen molar-refractivity contribution in [1.82, 2.24) is 9.88 Å². The lowest BCUT2D eigenvalue weighted by molar-refractivity contribution is 0.331. The van der Waals surface area contributed by atoms with Gasteiger partial charge in [0, 0.05) is 22.0 Å². The third kappa shape index (κ3) is 4.29. The minimum Gasteiger partial charge on any atom is -0.494 e. The van der Waals surface area contributed by atoms with Gasteiger partial charge in [-0.1, -0.05) is 64.5 Å². The van der Waals surface area contributed by atoms with Gasteiger partial charge in [0.1, 0.15) is 0 Å². The number of hydrogen-bond acceptors (Lipinski definition) is 3. The van der Waals surface area contributed by atoms with Gasteiger partial charge in [0.15, 0.2) is 5.88 Å². The number of nitrogens with one attached hydrogen (secondary N) is 1. The molecular formula is C26H24BrN3O. The number of halogens is 1. The molecule has 5 heteroatoms. The predicted octanol–water partition coefficient (Wildman–Crippen LogP) is 6.40. The summed E-state index contributed by atoms with van der Waals surface area (Å²) in [6, 6.07) is 24.4. The molecule has 5 rings (SSSR count). The van der Waals surface area contributed by atoms with Crippen LogP contribution in [0.5, 0.6) is 5.88 Å². The van der Waals surface area contributed by atoms with Crippen LogP contribution >= 0.6 is 15.9 Å². The van der Waals surface area contributed by atoms with Crippen LogP contribution in [-0.2, 0) is 6.54 Å². The van der Waals surface area contributed by atoms with Crippen LogP contribution in [0.4, 0.5) is 5.69 Å². The Hall–Kier alpha value is -2.89. The van der Waals surface area contributed by atoms with E-state index in [2.05, 4.69) is 50.1 Å². The molecule has 0 spiro atoms. The number of nitrogens with zero attached hydrogens (tertiary/aromatic N) is 2. The van der Waals surface area contributed by atoms with Gasteiger partial charge in [0.25, 0.3) is 0 Å². The van der Waals surface area contributed by atoms with Gasteiger partial charge in [-0.05, 0) is 55.8 Å². The molecule has 2 heterocycles. The molecule has 0 atom stereocenters. The minimum absolute atomic E-state index is 0.126. The number of hydrogen-bond donors (Lipinski definition) is 2. The second kappa shape index (κ2) is 8.69. The molecule has 4 nitrogen and oxygen atoms in total. The molecule has 1 fully saturated rings. The predicted molar refractivity (Wildman–Crippen MR) is 130 cm³/mol. The lowest BCUT2D eigenvalue weighted by Gasteiger charge is -2.14. The first-order chi connectivity index (χ1) is 15.2. The van der Waals surface area contributed by atoms with Crippen LogP contribution in [0.15, 0.2) is 82.3 Å². The second-order valence-corrected chi connectivity index (χ2v) is 8.93. The number of aromatic amines is 1. The maximum absolute atomic E-state index is 10.8. The number of aliphatic imine (C=N–C) groups is 1. The molecule has 0 saturated carbocycles. The molecule has 0 amide bonds. The lowest BCUT2D eigenvalue weighted by atomic mass is 10.0. The number of H-pyrrole nitrogens is 1. The molecule has 1 saturated heterocycles. The Morgan fingerprint density at radius 3 is 2.45 bits per heavy atom. The minimum atomic E-state index is 0.126. The van der Waals surface area contributed by atoms with E-state index in [0.29, 0.717) is 0 Å². The highest BCUT2D eigenvalue weighted by molar-refractivity contribution is 9.10. The van der Waals surface area contributed by atoms with Crippen LogP contribution < -0.4 is 0 Å². The normalized spacial score (nSPS) is 15.1. The number of aromatic nitrogens is 1. The molecule has 1 aromatic heterocycles. The van der Waals surface area contributed by atoms with Crippen molar-refractivity contribution in [2.24, 2.45) is 4.99 Å². The van der Waals surface area contributed by atoms with Crippen molar-refractivity contribution in [3.05, 3.63) is 94.0 Å². The molecule has 0 bridgehead atoms. The molecule has 4 aromatic rings. The van der Waals surface area contributed by atoms with Gasteiger partial charge in [-0.2, -0.15) is 0 Å². The topological polar surface area (TPSA) is 51.6 Å². The van der Waals surface area contributed by atoms with Gasteiger partial charge in [-0.3, -0.25) is 4.90 Å². The first kappa shape index (κ1) is 20.0. The zero-order chi connectivity index (χ0) is 21.2. The van der Waals surface area contributed by atoms with Crippen LogP contribution in [0, 0.1) is 0 Å². The third-order valence-corrected chi connectivity index (χ3v) is 6.30. The van der Waals surface area contributed by atoms with E-state index in [0.717, 1.165) is 44.4 Å². The van der Waals surface area contributed by atoms with Gasteiger partial charge in [0.05, 0.1) is 22.5 Å². The van der Waals surface area contributed by atoms with E-state index >= 15 is 0 Å². The highest BCUT2D eigenvalue weighted by Crippen LogP contribution is 2.33. The summed E-state index contributed by atoms with van der Waals surface area (Å²) in [5.41, 5.74) is 5.47. The maximum atomic E-state index is 10.8. The highest BCUT2D eigenvalue weighted by Gasteiger charge is 2.19. The number of likely N-dealkylation sites (tertiary alicyclic amines) is 1. The monoisotopic (exact) mass is 473 g/mol. The Balaban J connectivity index is 1.56. The van der Waals surface area contributed by atoms with Crippen molar-refractivity contribution in [1.29, 1.82) is 0 Å². The molecule has 0 unspecified atom stereocenters. The van der Waals surface area contributed by atoms with Crippen molar-refractivity contribution in [3.63, 3.8) is 0 Å². The summed E-state index contributed by atoms with van der Waals surface area (Å²) < 4.78 is 0.958. The Kier molecular flexibility index (Phi) is 5.62. The molecule has 0 radical (unpaired) electrons. The van der Waals surface area contributed by atoms with Gasteiger partial charge in [0.2, 0.25) is 0 Å². The van der Waals surface area contributed by atoms with Gasteiger partial charge in [-0.15, -0.1) is 0 Å². The fourth-order valence-electron chi connectivity index (χ4n) is 4.26. The maximum Gasteiger partial charge on any atom is 0.199 e. The molecule has 3 aromatic carbocycles. The molecule has 1 aliphatic heterocycles. The molecule has 0 aliphatic carbocycles. The summed E-state index contributed by atoms with van der Waals surface area (Å²) in [4.78, 5) is 10.6. The largest absolute Gasteiger partial charge is 0.494 e. The Morgan fingerprint density at radius 1 is 0.968 bits per heavy atom. The van der Waals surface area contributed by atoms with Crippen LogP contribution in [0.1, 0.15) is 29.5 Å².